The fraction of sp³-hybridized carbons (Fsp3) is 0.647. The van der Waals surface area contributed by atoms with Crippen molar-refractivity contribution < 1.29 is 13.2 Å². The molecule has 0 aliphatic heterocycles. The zero-order valence-electron chi connectivity index (χ0n) is 12.9. The Kier molecular flexibility index (Phi) is 4.66. The van der Waals surface area contributed by atoms with Gasteiger partial charge in [-0.3, -0.25) is 0 Å². The molecule has 0 saturated heterocycles. The van der Waals surface area contributed by atoms with Crippen LogP contribution in [-0.4, -0.2) is 7.05 Å². The number of hydrogen-bond donors (Lipinski definition) is 1. The summed E-state index contributed by atoms with van der Waals surface area (Å²) in [4.78, 5) is 0. The van der Waals surface area contributed by atoms with Gasteiger partial charge in [0.15, 0.2) is 0 Å². The lowest BCUT2D eigenvalue weighted by molar-refractivity contribution is -0.137. The summed E-state index contributed by atoms with van der Waals surface area (Å²) < 4.78 is 37.9. The van der Waals surface area contributed by atoms with Gasteiger partial charge in [0.2, 0.25) is 0 Å². The maximum absolute atomic E-state index is 12.6. The molecule has 1 aromatic carbocycles. The maximum atomic E-state index is 12.6. The number of alkyl halides is 3. The minimum Gasteiger partial charge on any atom is -0.313 e. The monoisotopic (exact) mass is 299 g/mol. The van der Waals surface area contributed by atoms with Crippen molar-refractivity contribution in [2.75, 3.05) is 7.05 Å². The van der Waals surface area contributed by atoms with Gasteiger partial charge in [-0.05, 0) is 61.8 Å². The summed E-state index contributed by atoms with van der Waals surface area (Å²) in [5.74, 6) is 0.500. The van der Waals surface area contributed by atoms with Crippen LogP contribution in [0.25, 0.3) is 0 Å². The number of halogens is 3. The van der Waals surface area contributed by atoms with E-state index in [-0.39, 0.29) is 6.04 Å². The molecular weight excluding hydrogens is 275 g/mol. The second-order valence-corrected chi connectivity index (χ2v) is 6.89. The van der Waals surface area contributed by atoms with Gasteiger partial charge in [0, 0.05) is 6.04 Å². The summed E-state index contributed by atoms with van der Waals surface area (Å²) in [6.45, 7) is 4.57. The lowest BCUT2D eigenvalue weighted by Crippen LogP contribution is -2.31. The smallest absolute Gasteiger partial charge is 0.313 e. The standard InChI is InChI=1S/C17H24F3N/c1-16(2)10-8-13(9-11-16)15(21-3)12-4-6-14(7-5-12)17(18,19)20/h4-7,13,15,21H,8-11H2,1-3H3. The van der Waals surface area contributed by atoms with Crippen molar-refractivity contribution in [1.29, 1.82) is 0 Å². The van der Waals surface area contributed by atoms with Crippen LogP contribution in [0.1, 0.15) is 56.7 Å². The van der Waals surface area contributed by atoms with Crippen molar-refractivity contribution in [1.82, 2.24) is 5.32 Å². The SMILES string of the molecule is CNC(c1ccc(C(F)(F)F)cc1)C1CCC(C)(C)CC1. The number of hydrogen-bond acceptors (Lipinski definition) is 1. The molecule has 0 spiro atoms. The van der Waals surface area contributed by atoms with Gasteiger partial charge in [-0.1, -0.05) is 26.0 Å². The average molecular weight is 299 g/mol. The molecule has 0 heterocycles. The predicted molar refractivity (Wildman–Crippen MR) is 79.0 cm³/mol. The van der Waals surface area contributed by atoms with E-state index in [1.165, 1.54) is 25.0 Å². The average Bonchev–Trinajstić information content (AvgIpc) is 2.41. The third kappa shape index (κ3) is 4.00. The molecule has 118 valence electrons. The lowest BCUT2D eigenvalue weighted by atomic mass is 9.70. The Balaban J connectivity index is 2.11. The van der Waals surface area contributed by atoms with Gasteiger partial charge in [0.25, 0.3) is 0 Å². The van der Waals surface area contributed by atoms with Crippen molar-refractivity contribution >= 4 is 0 Å². The van der Waals surface area contributed by atoms with Crippen LogP contribution in [-0.2, 0) is 6.18 Å². The Morgan fingerprint density at radius 2 is 1.62 bits per heavy atom. The van der Waals surface area contributed by atoms with Gasteiger partial charge in [-0.25, -0.2) is 0 Å². The first kappa shape index (κ1) is 16.3. The molecule has 0 aromatic heterocycles. The summed E-state index contributed by atoms with van der Waals surface area (Å²) in [6, 6.07) is 5.75. The first-order valence-electron chi connectivity index (χ1n) is 7.57. The van der Waals surface area contributed by atoms with E-state index in [1.807, 2.05) is 7.05 Å². The molecule has 1 aliphatic rings. The molecule has 2 rings (SSSR count). The van der Waals surface area contributed by atoms with E-state index < -0.39 is 11.7 Å². The van der Waals surface area contributed by atoms with Gasteiger partial charge >= 0.3 is 6.18 Å². The van der Waals surface area contributed by atoms with E-state index in [0.29, 0.717) is 11.3 Å². The Morgan fingerprint density at radius 3 is 2.05 bits per heavy atom. The molecule has 1 N–H and O–H groups in total. The van der Waals surface area contributed by atoms with E-state index in [4.69, 9.17) is 0 Å². The zero-order chi connectivity index (χ0) is 15.7. The van der Waals surface area contributed by atoms with E-state index >= 15 is 0 Å². The Morgan fingerprint density at radius 1 is 1.10 bits per heavy atom. The van der Waals surface area contributed by atoms with Crippen molar-refractivity contribution in [3.63, 3.8) is 0 Å². The maximum Gasteiger partial charge on any atom is 0.416 e. The largest absolute Gasteiger partial charge is 0.416 e. The van der Waals surface area contributed by atoms with Crippen molar-refractivity contribution in [2.24, 2.45) is 11.3 Å². The Hall–Kier alpha value is -1.03. The van der Waals surface area contributed by atoms with E-state index in [9.17, 15) is 13.2 Å². The fourth-order valence-corrected chi connectivity index (χ4v) is 3.31. The van der Waals surface area contributed by atoms with Crippen molar-refractivity contribution in [3.05, 3.63) is 35.4 Å². The summed E-state index contributed by atoms with van der Waals surface area (Å²) >= 11 is 0. The van der Waals surface area contributed by atoms with Crippen molar-refractivity contribution in [2.45, 2.75) is 51.7 Å². The fourth-order valence-electron chi connectivity index (χ4n) is 3.31. The van der Waals surface area contributed by atoms with Crippen LogP contribution in [0.15, 0.2) is 24.3 Å². The van der Waals surface area contributed by atoms with Crippen LogP contribution in [0.5, 0.6) is 0 Å². The van der Waals surface area contributed by atoms with E-state index in [0.717, 1.165) is 18.4 Å². The van der Waals surface area contributed by atoms with Gasteiger partial charge in [-0.15, -0.1) is 0 Å². The molecule has 1 saturated carbocycles. The number of rotatable bonds is 3. The summed E-state index contributed by atoms with van der Waals surface area (Å²) in [7, 11) is 1.89. The van der Waals surface area contributed by atoms with Gasteiger partial charge in [0.1, 0.15) is 0 Å². The normalized spacial score (nSPS) is 21.2. The molecule has 1 atom stereocenters. The van der Waals surface area contributed by atoms with Crippen LogP contribution in [0.3, 0.4) is 0 Å². The third-order valence-electron chi connectivity index (χ3n) is 4.76. The molecule has 21 heavy (non-hydrogen) atoms. The minimum absolute atomic E-state index is 0.142. The van der Waals surface area contributed by atoms with Crippen LogP contribution in [0.4, 0.5) is 13.2 Å². The Bertz CT molecular complexity index is 452. The molecule has 0 radical (unpaired) electrons. The molecule has 1 aromatic rings. The molecule has 1 fully saturated rings. The molecule has 4 heteroatoms. The van der Waals surface area contributed by atoms with Crippen LogP contribution >= 0.6 is 0 Å². The van der Waals surface area contributed by atoms with Crippen LogP contribution in [0, 0.1) is 11.3 Å². The highest BCUT2D eigenvalue weighted by molar-refractivity contribution is 5.27. The Labute approximate surface area is 124 Å². The second-order valence-electron chi connectivity index (χ2n) is 6.89. The molecule has 1 unspecified atom stereocenters. The highest BCUT2D eigenvalue weighted by atomic mass is 19.4. The highest BCUT2D eigenvalue weighted by Crippen LogP contribution is 2.42. The van der Waals surface area contributed by atoms with Gasteiger partial charge in [0.05, 0.1) is 5.56 Å². The van der Waals surface area contributed by atoms with Gasteiger partial charge < -0.3 is 5.32 Å². The highest BCUT2D eigenvalue weighted by Gasteiger charge is 2.33. The third-order valence-corrected chi connectivity index (χ3v) is 4.76. The predicted octanol–water partition coefficient (Wildman–Crippen LogP) is 5.18. The topological polar surface area (TPSA) is 12.0 Å². The first-order chi connectivity index (χ1) is 9.73. The number of benzene rings is 1. The van der Waals surface area contributed by atoms with Crippen molar-refractivity contribution in [3.8, 4) is 0 Å². The molecule has 0 bridgehead atoms. The van der Waals surface area contributed by atoms with E-state index in [2.05, 4.69) is 19.2 Å². The quantitative estimate of drug-likeness (QED) is 0.810. The van der Waals surface area contributed by atoms with Crippen LogP contribution in [0.2, 0.25) is 0 Å². The molecule has 1 aliphatic carbocycles. The van der Waals surface area contributed by atoms with Crippen LogP contribution < -0.4 is 5.32 Å². The van der Waals surface area contributed by atoms with E-state index in [1.54, 1.807) is 12.1 Å². The second kappa shape index (κ2) is 5.99. The summed E-state index contributed by atoms with van der Waals surface area (Å²) in [6.07, 6.45) is 0.342. The molecular formula is C17H24F3N. The zero-order valence-corrected chi connectivity index (χ0v) is 12.9. The summed E-state index contributed by atoms with van der Waals surface area (Å²) in [5.41, 5.74) is 0.774. The summed E-state index contributed by atoms with van der Waals surface area (Å²) in [5, 5.41) is 3.29. The molecule has 0 amide bonds. The van der Waals surface area contributed by atoms with Gasteiger partial charge in [-0.2, -0.15) is 13.2 Å². The number of nitrogens with one attached hydrogen (secondary N) is 1. The first-order valence-corrected chi connectivity index (χ1v) is 7.57. The minimum atomic E-state index is -4.26. The lowest BCUT2D eigenvalue weighted by Gasteiger charge is -2.38. The molecule has 1 nitrogen and oxygen atoms in total.